The predicted octanol–water partition coefficient (Wildman–Crippen LogP) is 3.62. The molecule has 1 aliphatic carbocycles. The van der Waals surface area contributed by atoms with Crippen molar-refractivity contribution in [1.82, 2.24) is 0 Å². The molecule has 1 radical (unpaired) electrons. The molecule has 0 saturated heterocycles. The highest BCUT2D eigenvalue weighted by molar-refractivity contribution is 5.78. The monoisotopic (exact) mass is 209 g/mol. The van der Waals surface area contributed by atoms with Crippen LogP contribution in [-0.4, -0.2) is 6.10 Å². The van der Waals surface area contributed by atoms with Gasteiger partial charge in [-0.05, 0) is 29.2 Å². The Hall–Kier alpha value is -1.60. The van der Waals surface area contributed by atoms with Crippen LogP contribution in [0, 0.1) is 0 Å². The van der Waals surface area contributed by atoms with E-state index in [1.165, 1.54) is 22.3 Å². The van der Waals surface area contributed by atoms with E-state index < -0.39 is 6.10 Å². The molecule has 0 aromatic heterocycles. The van der Waals surface area contributed by atoms with E-state index in [0.717, 1.165) is 0 Å². The molecular weight excluding hydrogens is 196 g/mol. The molecule has 0 bridgehead atoms. The summed E-state index contributed by atoms with van der Waals surface area (Å²) < 4.78 is 0. The Morgan fingerprint density at radius 3 is 1.75 bits per heavy atom. The molecule has 2 aromatic carbocycles. The first-order valence-electron chi connectivity index (χ1n) is 5.63. The van der Waals surface area contributed by atoms with Crippen molar-refractivity contribution in [1.29, 1.82) is 0 Å². The second-order valence-corrected chi connectivity index (χ2v) is 4.36. The molecule has 1 atom stereocenters. The molecule has 0 amide bonds. The fraction of sp³-hybridized carbons (Fsp3) is 0.200. The molecule has 16 heavy (non-hydrogen) atoms. The van der Waals surface area contributed by atoms with E-state index in [9.17, 15) is 5.11 Å². The van der Waals surface area contributed by atoms with E-state index in [1.54, 1.807) is 6.92 Å². The van der Waals surface area contributed by atoms with Gasteiger partial charge < -0.3 is 0 Å². The van der Waals surface area contributed by atoms with E-state index in [1.807, 2.05) is 24.3 Å². The topological polar surface area (TPSA) is 19.9 Å². The van der Waals surface area contributed by atoms with Crippen molar-refractivity contribution in [3.63, 3.8) is 0 Å². The second-order valence-electron chi connectivity index (χ2n) is 4.36. The van der Waals surface area contributed by atoms with Crippen LogP contribution in [0.5, 0.6) is 0 Å². The highest BCUT2D eigenvalue weighted by Crippen LogP contribution is 2.45. The van der Waals surface area contributed by atoms with E-state index in [-0.39, 0.29) is 5.92 Å². The van der Waals surface area contributed by atoms with Crippen LogP contribution >= 0.6 is 0 Å². The zero-order valence-electron chi connectivity index (χ0n) is 9.18. The summed E-state index contributed by atoms with van der Waals surface area (Å²) in [7, 11) is 0. The number of hydrogen-bond donors (Lipinski definition) is 0. The quantitative estimate of drug-likeness (QED) is 0.683. The molecular formula is C15H13O. The summed E-state index contributed by atoms with van der Waals surface area (Å²) in [5.74, 6) is 0.0207. The molecule has 1 nitrogen and oxygen atoms in total. The summed E-state index contributed by atoms with van der Waals surface area (Å²) >= 11 is 0. The van der Waals surface area contributed by atoms with Crippen LogP contribution in [0.1, 0.15) is 24.0 Å². The van der Waals surface area contributed by atoms with Crippen molar-refractivity contribution < 1.29 is 5.11 Å². The van der Waals surface area contributed by atoms with Crippen LogP contribution in [0.15, 0.2) is 48.5 Å². The third-order valence-corrected chi connectivity index (χ3v) is 3.35. The first-order valence-corrected chi connectivity index (χ1v) is 5.63. The van der Waals surface area contributed by atoms with Crippen molar-refractivity contribution in [3.8, 4) is 11.1 Å². The molecule has 0 N–H and O–H groups in total. The Bertz CT molecular complexity index is 483. The van der Waals surface area contributed by atoms with Gasteiger partial charge in [-0.3, -0.25) is 0 Å². The summed E-state index contributed by atoms with van der Waals surface area (Å²) in [6, 6.07) is 16.5. The third-order valence-electron chi connectivity index (χ3n) is 3.35. The van der Waals surface area contributed by atoms with Crippen LogP contribution in [0.4, 0.5) is 0 Å². The molecule has 0 heterocycles. The molecule has 2 aromatic rings. The number of rotatable bonds is 1. The van der Waals surface area contributed by atoms with E-state index in [4.69, 9.17) is 0 Å². The molecule has 79 valence electrons. The van der Waals surface area contributed by atoms with Gasteiger partial charge in [-0.2, -0.15) is 0 Å². The van der Waals surface area contributed by atoms with E-state index in [2.05, 4.69) is 24.3 Å². The molecule has 1 heteroatoms. The van der Waals surface area contributed by atoms with Crippen LogP contribution in [0.25, 0.3) is 11.1 Å². The maximum Gasteiger partial charge on any atom is 0.101 e. The Balaban J connectivity index is 2.30. The fourth-order valence-corrected chi connectivity index (χ4v) is 2.70. The maximum atomic E-state index is 11.9. The van der Waals surface area contributed by atoms with Crippen LogP contribution in [0.3, 0.4) is 0 Å². The Morgan fingerprint density at radius 1 is 0.875 bits per heavy atom. The first kappa shape index (κ1) is 9.61. The fourth-order valence-electron chi connectivity index (χ4n) is 2.70. The summed E-state index contributed by atoms with van der Waals surface area (Å²) in [5.41, 5.74) is 4.83. The van der Waals surface area contributed by atoms with Gasteiger partial charge >= 0.3 is 0 Å². The van der Waals surface area contributed by atoms with Crippen molar-refractivity contribution in [3.05, 3.63) is 59.7 Å². The lowest BCUT2D eigenvalue weighted by molar-refractivity contribution is 0.0921. The van der Waals surface area contributed by atoms with Crippen molar-refractivity contribution in [2.75, 3.05) is 0 Å². The third kappa shape index (κ3) is 1.22. The minimum Gasteiger partial charge on any atom is -0.232 e. The number of benzene rings is 2. The minimum absolute atomic E-state index is 0.0207. The van der Waals surface area contributed by atoms with Gasteiger partial charge in [-0.25, -0.2) is 5.11 Å². The van der Waals surface area contributed by atoms with Crippen molar-refractivity contribution in [2.45, 2.75) is 18.9 Å². The lowest BCUT2D eigenvalue weighted by Crippen LogP contribution is -2.11. The lowest BCUT2D eigenvalue weighted by atomic mass is 9.92. The van der Waals surface area contributed by atoms with Gasteiger partial charge in [0, 0.05) is 5.92 Å². The highest BCUT2D eigenvalue weighted by Gasteiger charge is 2.31. The molecule has 0 aliphatic heterocycles. The summed E-state index contributed by atoms with van der Waals surface area (Å²) in [4.78, 5) is 0. The van der Waals surface area contributed by atoms with Gasteiger partial charge in [-0.15, -0.1) is 0 Å². The Labute approximate surface area is 95.4 Å². The average molecular weight is 209 g/mol. The zero-order chi connectivity index (χ0) is 11.1. The Morgan fingerprint density at radius 2 is 1.31 bits per heavy atom. The number of hydrogen-bond acceptors (Lipinski definition) is 0. The normalized spacial score (nSPS) is 15.6. The van der Waals surface area contributed by atoms with Gasteiger partial charge in [-0.1, -0.05) is 48.5 Å². The first-order chi connectivity index (χ1) is 7.79. The minimum atomic E-state index is -0.593. The van der Waals surface area contributed by atoms with Crippen molar-refractivity contribution in [2.24, 2.45) is 0 Å². The summed E-state index contributed by atoms with van der Waals surface area (Å²) in [5, 5.41) is 11.9. The van der Waals surface area contributed by atoms with Gasteiger partial charge in [0.05, 0.1) is 0 Å². The summed E-state index contributed by atoms with van der Waals surface area (Å²) in [6.45, 7) is 1.75. The van der Waals surface area contributed by atoms with Gasteiger partial charge in [0.25, 0.3) is 0 Å². The molecule has 0 unspecified atom stereocenters. The van der Waals surface area contributed by atoms with Crippen LogP contribution in [0.2, 0.25) is 0 Å². The van der Waals surface area contributed by atoms with Gasteiger partial charge in [0.2, 0.25) is 0 Å². The summed E-state index contributed by atoms with van der Waals surface area (Å²) in [6.07, 6.45) is -0.593. The predicted molar refractivity (Wildman–Crippen MR) is 63.9 cm³/mol. The molecule has 1 aliphatic rings. The van der Waals surface area contributed by atoms with Gasteiger partial charge in [0.1, 0.15) is 6.10 Å². The smallest absolute Gasteiger partial charge is 0.101 e. The van der Waals surface area contributed by atoms with Crippen molar-refractivity contribution >= 4 is 0 Å². The highest BCUT2D eigenvalue weighted by atomic mass is 16.3. The largest absolute Gasteiger partial charge is 0.232 e. The lowest BCUT2D eigenvalue weighted by Gasteiger charge is -2.14. The van der Waals surface area contributed by atoms with E-state index in [0.29, 0.717) is 0 Å². The molecule has 0 saturated carbocycles. The van der Waals surface area contributed by atoms with Crippen LogP contribution < -0.4 is 0 Å². The van der Waals surface area contributed by atoms with E-state index >= 15 is 0 Å². The molecule has 0 fully saturated rings. The maximum absolute atomic E-state index is 11.9. The van der Waals surface area contributed by atoms with Gasteiger partial charge in [0.15, 0.2) is 0 Å². The number of fused-ring (bicyclic) bond motifs is 3. The Kier molecular flexibility index (Phi) is 2.08. The van der Waals surface area contributed by atoms with Crippen LogP contribution in [-0.2, 0) is 5.11 Å². The average Bonchev–Trinajstić information content (AvgIpc) is 2.63. The SMILES string of the molecule is C[C@@H]([O])C1c2ccccc2-c2ccccc21. The zero-order valence-corrected chi connectivity index (χ0v) is 9.18. The second kappa shape index (κ2) is 3.46. The standard InChI is InChI=1S/C15H13O/c1-10(16)15-13-8-4-2-6-11(13)12-7-3-5-9-14(12)15/h2-10,15H,1H3/t10-/m1/s1. The molecule has 0 spiro atoms. The molecule has 3 rings (SSSR count).